The Morgan fingerprint density at radius 1 is 1.27 bits per heavy atom. The zero-order chi connectivity index (χ0) is 16.1. The molecule has 2 aromatic rings. The molecular weight excluding hydrogens is 280 g/mol. The normalized spacial score (nSPS) is 11.5. The summed E-state index contributed by atoms with van der Waals surface area (Å²) in [6, 6.07) is 9.82. The highest BCUT2D eigenvalue weighted by Crippen LogP contribution is 2.26. The van der Waals surface area contributed by atoms with Gasteiger partial charge >= 0.3 is 0 Å². The molecule has 22 heavy (non-hydrogen) atoms. The number of nitrogens with one attached hydrogen (secondary N) is 1. The number of benzene rings is 2. The van der Waals surface area contributed by atoms with Gasteiger partial charge in [-0.15, -0.1) is 0 Å². The van der Waals surface area contributed by atoms with E-state index in [1.165, 1.54) is 6.92 Å². The molecule has 0 saturated heterocycles. The fraction of sp³-hybridized carbons (Fsp3) is 0.294. The molecule has 0 fully saturated rings. The van der Waals surface area contributed by atoms with E-state index in [4.69, 9.17) is 9.94 Å². The van der Waals surface area contributed by atoms with E-state index in [0.717, 1.165) is 27.6 Å². The topological polar surface area (TPSA) is 70.9 Å². The summed E-state index contributed by atoms with van der Waals surface area (Å²) in [7, 11) is 1.63. The van der Waals surface area contributed by atoms with Crippen LogP contribution in [0.3, 0.4) is 0 Å². The number of carbonyl (C=O) groups is 1. The van der Waals surface area contributed by atoms with Crippen molar-refractivity contribution in [1.29, 1.82) is 0 Å². The van der Waals surface area contributed by atoms with E-state index < -0.39 is 0 Å². The molecule has 0 heterocycles. The lowest BCUT2D eigenvalue weighted by Gasteiger charge is -2.12. The third kappa shape index (κ3) is 3.55. The van der Waals surface area contributed by atoms with Gasteiger partial charge in [-0.2, -0.15) is 0 Å². The molecule has 0 aromatic heterocycles. The summed E-state index contributed by atoms with van der Waals surface area (Å²) in [5.74, 6) is 0.736. The highest BCUT2D eigenvalue weighted by atomic mass is 16.5. The molecule has 0 aliphatic carbocycles. The zero-order valence-corrected chi connectivity index (χ0v) is 13.0. The molecule has 0 radical (unpaired) electrons. The third-order valence-electron chi connectivity index (χ3n) is 3.58. The molecule has 0 bridgehead atoms. The maximum Gasteiger partial charge on any atom is 0.216 e. The molecule has 5 nitrogen and oxygen atoms in total. The van der Waals surface area contributed by atoms with E-state index in [1.54, 1.807) is 14.0 Å². The molecule has 1 amide bonds. The third-order valence-corrected chi connectivity index (χ3v) is 3.58. The van der Waals surface area contributed by atoms with Crippen molar-refractivity contribution in [3.05, 3.63) is 41.5 Å². The molecule has 0 aliphatic rings. The standard InChI is InChI=1S/C17H20N2O3/c1-11(19-21)15-8-13-4-5-16(22-3)10-17(13)14(9-15)6-7-18-12(2)20/h4-5,8-10,21H,6-7H2,1-3H3,(H,18,20)/b19-11+. The highest BCUT2D eigenvalue weighted by Gasteiger charge is 2.08. The van der Waals surface area contributed by atoms with Gasteiger partial charge in [0.25, 0.3) is 0 Å². The van der Waals surface area contributed by atoms with Crippen molar-refractivity contribution < 1.29 is 14.7 Å². The van der Waals surface area contributed by atoms with Gasteiger partial charge in [0.2, 0.25) is 5.91 Å². The predicted molar refractivity (Wildman–Crippen MR) is 86.9 cm³/mol. The van der Waals surface area contributed by atoms with Crippen LogP contribution in [-0.4, -0.2) is 30.5 Å². The van der Waals surface area contributed by atoms with Gasteiger partial charge in [0.05, 0.1) is 12.8 Å². The summed E-state index contributed by atoms with van der Waals surface area (Å²) in [4.78, 5) is 11.0. The molecule has 0 saturated carbocycles. The Labute approximate surface area is 129 Å². The lowest BCUT2D eigenvalue weighted by Crippen LogP contribution is -2.22. The highest BCUT2D eigenvalue weighted by molar-refractivity contribution is 6.02. The lowest BCUT2D eigenvalue weighted by molar-refractivity contribution is -0.118. The van der Waals surface area contributed by atoms with Crippen molar-refractivity contribution in [3.63, 3.8) is 0 Å². The summed E-state index contributed by atoms with van der Waals surface area (Å²) < 4.78 is 5.29. The molecule has 116 valence electrons. The Kier molecular flexibility index (Phi) is 4.99. The molecule has 0 aliphatic heterocycles. The van der Waals surface area contributed by atoms with Crippen LogP contribution in [0.1, 0.15) is 25.0 Å². The van der Waals surface area contributed by atoms with Crippen LogP contribution in [-0.2, 0) is 11.2 Å². The quantitative estimate of drug-likeness (QED) is 0.507. The fourth-order valence-electron chi connectivity index (χ4n) is 2.39. The van der Waals surface area contributed by atoms with Crippen LogP contribution in [0.5, 0.6) is 5.75 Å². The van der Waals surface area contributed by atoms with Crippen LogP contribution in [0.4, 0.5) is 0 Å². The van der Waals surface area contributed by atoms with Crippen molar-refractivity contribution in [3.8, 4) is 5.75 Å². The smallest absolute Gasteiger partial charge is 0.216 e. The van der Waals surface area contributed by atoms with Crippen molar-refractivity contribution >= 4 is 22.4 Å². The SMILES string of the molecule is COc1ccc2cc(/C(C)=N/O)cc(CCNC(C)=O)c2c1. The van der Waals surface area contributed by atoms with E-state index in [0.29, 0.717) is 18.7 Å². The van der Waals surface area contributed by atoms with Gasteiger partial charge in [0, 0.05) is 13.5 Å². The first kappa shape index (κ1) is 15.8. The first-order valence-corrected chi connectivity index (χ1v) is 7.09. The monoisotopic (exact) mass is 300 g/mol. The average molecular weight is 300 g/mol. The van der Waals surface area contributed by atoms with Gasteiger partial charge in [-0.25, -0.2) is 0 Å². The maximum atomic E-state index is 11.0. The summed E-state index contributed by atoms with van der Waals surface area (Å²) in [6.45, 7) is 3.81. The van der Waals surface area contributed by atoms with E-state index in [9.17, 15) is 4.79 Å². The number of nitrogens with zero attached hydrogens (tertiary/aromatic N) is 1. The van der Waals surface area contributed by atoms with Crippen LogP contribution in [0.15, 0.2) is 35.5 Å². The summed E-state index contributed by atoms with van der Waals surface area (Å²) in [5, 5.41) is 17.2. The second-order valence-corrected chi connectivity index (χ2v) is 5.14. The average Bonchev–Trinajstić information content (AvgIpc) is 2.53. The number of methoxy groups -OCH3 is 1. The molecule has 2 N–H and O–H groups in total. The number of hydrogen-bond acceptors (Lipinski definition) is 4. The van der Waals surface area contributed by atoms with Gasteiger partial charge in [0.15, 0.2) is 0 Å². The van der Waals surface area contributed by atoms with Gasteiger partial charge in [-0.05, 0) is 59.5 Å². The number of fused-ring (bicyclic) bond motifs is 1. The lowest BCUT2D eigenvalue weighted by atomic mass is 9.97. The molecule has 2 aromatic carbocycles. The van der Waals surface area contributed by atoms with Crippen molar-refractivity contribution in [2.45, 2.75) is 20.3 Å². The molecule has 0 atom stereocenters. The van der Waals surface area contributed by atoms with E-state index >= 15 is 0 Å². The van der Waals surface area contributed by atoms with Crippen LogP contribution < -0.4 is 10.1 Å². The fourth-order valence-corrected chi connectivity index (χ4v) is 2.39. The van der Waals surface area contributed by atoms with E-state index in [2.05, 4.69) is 10.5 Å². The van der Waals surface area contributed by atoms with Crippen LogP contribution >= 0.6 is 0 Å². The van der Waals surface area contributed by atoms with Crippen LogP contribution in [0, 0.1) is 0 Å². The van der Waals surface area contributed by atoms with Gasteiger partial charge in [-0.3, -0.25) is 4.79 Å². The van der Waals surface area contributed by atoms with E-state index in [1.807, 2.05) is 30.3 Å². The minimum Gasteiger partial charge on any atom is -0.497 e. The van der Waals surface area contributed by atoms with Gasteiger partial charge < -0.3 is 15.3 Å². The predicted octanol–water partition coefficient (Wildman–Crippen LogP) is 2.73. The number of ether oxygens (including phenoxy) is 1. The number of hydrogen-bond donors (Lipinski definition) is 2. The Bertz CT molecular complexity index is 723. The zero-order valence-electron chi connectivity index (χ0n) is 13.0. The number of amides is 1. The van der Waals surface area contributed by atoms with Gasteiger partial charge in [0.1, 0.15) is 5.75 Å². The number of rotatable bonds is 5. The minimum atomic E-state index is -0.0499. The molecular formula is C17H20N2O3. The number of oxime groups is 1. The second kappa shape index (κ2) is 6.93. The Balaban J connectivity index is 2.49. The first-order chi connectivity index (χ1) is 10.5. The van der Waals surface area contributed by atoms with Crippen molar-refractivity contribution in [2.24, 2.45) is 5.16 Å². The molecule has 0 unspecified atom stereocenters. The summed E-state index contributed by atoms with van der Waals surface area (Å²) >= 11 is 0. The number of carbonyl (C=O) groups excluding carboxylic acids is 1. The van der Waals surface area contributed by atoms with Gasteiger partial charge in [-0.1, -0.05) is 11.2 Å². The summed E-state index contributed by atoms with van der Waals surface area (Å²) in [5.41, 5.74) is 2.49. The van der Waals surface area contributed by atoms with Crippen molar-refractivity contribution in [2.75, 3.05) is 13.7 Å². The van der Waals surface area contributed by atoms with Crippen LogP contribution in [0.25, 0.3) is 10.8 Å². The van der Waals surface area contributed by atoms with Crippen molar-refractivity contribution in [1.82, 2.24) is 5.32 Å². The molecule has 5 heteroatoms. The Hall–Kier alpha value is -2.56. The van der Waals surface area contributed by atoms with Crippen LogP contribution in [0.2, 0.25) is 0 Å². The van der Waals surface area contributed by atoms with E-state index in [-0.39, 0.29) is 5.91 Å². The minimum absolute atomic E-state index is 0.0499. The largest absolute Gasteiger partial charge is 0.497 e. The second-order valence-electron chi connectivity index (χ2n) is 5.14. The molecule has 0 spiro atoms. The summed E-state index contributed by atoms with van der Waals surface area (Å²) in [6.07, 6.45) is 0.690. The molecule has 2 rings (SSSR count). The first-order valence-electron chi connectivity index (χ1n) is 7.09. The Morgan fingerprint density at radius 2 is 2.05 bits per heavy atom. The Morgan fingerprint density at radius 3 is 2.68 bits per heavy atom. The maximum absolute atomic E-state index is 11.0.